The van der Waals surface area contributed by atoms with E-state index in [1.165, 1.54) is 0 Å². The van der Waals surface area contributed by atoms with E-state index in [0.29, 0.717) is 26.9 Å². The maximum atomic E-state index is 13.1. The largest absolute Gasteiger partial charge is 0.497 e. The van der Waals surface area contributed by atoms with Crippen molar-refractivity contribution in [3.05, 3.63) is 100 Å². The summed E-state index contributed by atoms with van der Waals surface area (Å²) in [7, 11) is 1.56. The summed E-state index contributed by atoms with van der Waals surface area (Å²) in [5.74, 6) is -0.226. The van der Waals surface area contributed by atoms with Gasteiger partial charge in [-0.25, -0.2) is 4.79 Å². The number of esters is 1. The summed E-state index contributed by atoms with van der Waals surface area (Å²) in [5.41, 5.74) is 1.41. The summed E-state index contributed by atoms with van der Waals surface area (Å²) in [6.45, 7) is 0. The number of hydrogen-bond donors (Lipinski definition) is 0. The molecule has 0 saturated carbocycles. The molecule has 0 aliphatic heterocycles. The summed E-state index contributed by atoms with van der Waals surface area (Å²) < 4.78 is 11.4. The Labute approximate surface area is 165 Å². The highest BCUT2D eigenvalue weighted by Crippen LogP contribution is 2.26. The second-order valence-electron chi connectivity index (χ2n) is 5.77. The Kier molecular flexibility index (Phi) is 6.04. The summed E-state index contributed by atoms with van der Waals surface area (Å²) in [5, 5.41) is 0. The smallest absolute Gasteiger partial charge is 0.340 e. The normalized spacial score (nSPS) is 11.5. The first-order chi connectivity index (χ1) is 13.1. The van der Waals surface area contributed by atoms with E-state index in [9.17, 15) is 9.59 Å². The summed E-state index contributed by atoms with van der Waals surface area (Å²) in [6.07, 6.45) is -1.04. The third-order valence-electron chi connectivity index (χ3n) is 4.03. The number of Topliss-reactive ketones (excluding diaryl/α,β-unsaturated/α-hetero) is 1. The van der Waals surface area contributed by atoms with E-state index in [1.54, 1.807) is 79.9 Å². The Hall–Kier alpha value is -2.92. The molecule has 4 nitrogen and oxygen atoms in total. The van der Waals surface area contributed by atoms with Crippen molar-refractivity contribution < 1.29 is 19.1 Å². The van der Waals surface area contributed by atoms with Crippen LogP contribution in [0.25, 0.3) is 0 Å². The van der Waals surface area contributed by atoms with Crippen molar-refractivity contribution in [3.63, 3.8) is 0 Å². The molecule has 0 unspecified atom stereocenters. The number of carbonyl (C=O) groups is 2. The topological polar surface area (TPSA) is 52.6 Å². The SMILES string of the molecule is COc1ccc(C(=O)[C@H](OC(=O)c2ccccc2Br)c2ccccc2)cc1. The van der Waals surface area contributed by atoms with Gasteiger partial charge >= 0.3 is 5.97 Å². The minimum atomic E-state index is -1.04. The van der Waals surface area contributed by atoms with Gasteiger partial charge in [0.25, 0.3) is 0 Å². The Bertz CT molecular complexity index is 936. The molecular formula is C22H17BrO4. The van der Waals surface area contributed by atoms with Crippen LogP contribution in [0, 0.1) is 0 Å². The van der Waals surface area contributed by atoms with Crippen LogP contribution in [0.4, 0.5) is 0 Å². The fraction of sp³-hybridized carbons (Fsp3) is 0.0909. The van der Waals surface area contributed by atoms with Gasteiger partial charge in [0.05, 0.1) is 12.7 Å². The van der Waals surface area contributed by atoms with E-state index in [1.807, 2.05) is 6.07 Å². The van der Waals surface area contributed by atoms with Gasteiger partial charge in [-0.2, -0.15) is 0 Å². The number of hydrogen-bond acceptors (Lipinski definition) is 4. The number of halogens is 1. The Morgan fingerprint density at radius 3 is 2.11 bits per heavy atom. The monoisotopic (exact) mass is 424 g/mol. The van der Waals surface area contributed by atoms with Gasteiger partial charge < -0.3 is 9.47 Å². The lowest BCUT2D eigenvalue weighted by Crippen LogP contribution is -2.20. The van der Waals surface area contributed by atoms with Gasteiger partial charge in [0.2, 0.25) is 5.78 Å². The molecule has 0 spiro atoms. The lowest BCUT2D eigenvalue weighted by molar-refractivity contribution is 0.0279. The summed E-state index contributed by atoms with van der Waals surface area (Å²) >= 11 is 3.34. The van der Waals surface area contributed by atoms with E-state index < -0.39 is 12.1 Å². The number of ether oxygens (including phenoxy) is 2. The fourth-order valence-electron chi connectivity index (χ4n) is 2.60. The summed E-state index contributed by atoms with van der Waals surface area (Å²) in [4.78, 5) is 25.7. The minimum Gasteiger partial charge on any atom is -0.497 e. The van der Waals surface area contributed by atoms with Gasteiger partial charge in [-0.05, 0) is 52.3 Å². The van der Waals surface area contributed by atoms with Gasteiger partial charge in [-0.3, -0.25) is 4.79 Å². The van der Waals surface area contributed by atoms with Gasteiger partial charge in [-0.1, -0.05) is 42.5 Å². The van der Waals surface area contributed by atoms with Crippen LogP contribution in [-0.2, 0) is 4.74 Å². The first-order valence-corrected chi connectivity index (χ1v) is 9.08. The molecule has 0 bridgehead atoms. The van der Waals surface area contributed by atoms with Crippen molar-refractivity contribution in [3.8, 4) is 5.75 Å². The number of methoxy groups -OCH3 is 1. The lowest BCUT2D eigenvalue weighted by Gasteiger charge is -2.18. The molecule has 0 radical (unpaired) electrons. The van der Waals surface area contributed by atoms with Crippen LogP contribution in [0.1, 0.15) is 32.4 Å². The van der Waals surface area contributed by atoms with Gasteiger partial charge in [-0.15, -0.1) is 0 Å². The van der Waals surface area contributed by atoms with Gasteiger partial charge in [0, 0.05) is 15.6 Å². The zero-order chi connectivity index (χ0) is 19.2. The van der Waals surface area contributed by atoms with Crippen molar-refractivity contribution in [1.29, 1.82) is 0 Å². The van der Waals surface area contributed by atoms with Crippen LogP contribution in [0.3, 0.4) is 0 Å². The third kappa shape index (κ3) is 4.44. The highest BCUT2D eigenvalue weighted by atomic mass is 79.9. The highest BCUT2D eigenvalue weighted by Gasteiger charge is 2.27. The third-order valence-corrected chi connectivity index (χ3v) is 4.73. The molecule has 0 aliphatic carbocycles. The van der Waals surface area contributed by atoms with E-state index in [4.69, 9.17) is 9.47 Å². The van der Waals surface area contributed by atoms with Crippen molar-refractivity contribution >= 4 is 27.7 Å². The zero-order valence-corrected chi connectivity index (χ0v) is 16.2. The molecule has 3 rings (SSSR count). The summed E-state index contributed by atoms with van der Waals surface area (Å²) in [6, 6.07) is 22.6. The van der Waals surface area contributed by atoms with Gasteiger partial charge in [0.1, 0.15) is 5.75 Å². The van der Waals surface area contributed by atoms with E-state index >= 15 is 0 Å². The first kappa shape index (κ1) is 18.9. The number of ketones is 1. The molecule has 0 amide bonds. The molecule has 0 fully saturated rings. The second-order valence-corrected chi connectivity index (χ2v) is 6.62. The average molecular weight is 425 g/mol. The molecule has 0 aliphatic rings. The molecule has 27 heavy (non-hydrogen) atoms. The van der Waals surface area contributed by atoms with Crippen LogP contribution in [0.15, 0.2) is 83.3 Å². The van der Waals surface area contributed by atoms with Gasteiger partial charge in [0.15, 0.2) is 6.10 Å². The Morgan fingerprint density at radius 2 is 1.48 bits per heavy atom. The maximum Gasteiger partial charge on any atom is 0.340 e. The van der Waals surface area contributed by atoms with Crippen LogP contribution in [-0.4, -0.2) is 18.9 Å². The van der Waals surface area contributed by atoms with Crippen molar-refractivity contribution in [2.24, 2.45) is 0 Å². The molecule has 0 saturated heterocycles. The minimum absolute atomic E-state index is 0.302. The predicted molar refractivity (Wildman–Crippen MR) is 106 cm³/mol. The van der Waals surface area contributed by atoms with Crippen molar-refractivity contribution in [1.82, 2.24) is 0 Å². The molecule has 1 atom stereocenters. The number of benzene rings is 3. The second kappa shape index (κ2) is 8.64. The van der Waals surface area contributed by atoms with E-state index in [2.05, 4.69) is 15.9 Å². The van der Waals surface area contributed by atoms with Crippen LogP contribution in [0.2, 0.25) is 0 Å². The molecule has 5 heteroatoms. The molecule has 3 aromatic carbocycles. The Morgan fingerprint density at radius 1 is 0.852 bits per heavy atom. The van der Waals surface area contributed by atoms with E-state index in [-0.39, 0.29) is 5.78 Å². The molecule has 0 heterocycles. The predicted octanol–water partition coefficient (Wildman–Crippen LogP) is 5.24. The molecule has 136 valence electrons. The van der Waals surface area contributed by atoms with Crippen LogP contribution >= 0.6 is 15.9 Å². The lowest BCUT2D eigenvalue weighted by atomic mass is 9.99. The Balaban J connectivity index is 1.92. The van der Waals surface area contributed by atoms with Crippen molar-refractivity contribution in [2.75, 3.05) is 7.11 Å². The van der Waals surface area contributed by atoms with Crippen molar-refractivity contribution in [2.45, 2.75) is 6.10 Å². The number of carbonyl (C=O) groups excluding carboxylic acids is 2. The maximum absolute atomic E-state index is 13.1. The highest BCUT2D eigenvalue weighted by molar-refractivity contribution is 9.10. The molecule has 0 N–H and O–H groups in total. The fourth-order valence-corrected chi connectivity index (χ4v) is 3.05. The van der Waals surface area contributed by atoms with E-state index in [0.717, 1.165) is 0 Å². The molecular weight excluding hydrogens is 408 g/mol. The van der Waals surface area contributed by atoms with Crippen LogP contribution in [0.5, 0.6) is 5.75 Å². The zero-order valence-electron chi connectivity index (χ0n) is 14.6. The molecule has 0 aromatic heterocycles. The standard InChI is InChI=1S/C22H17BrO4/c1-26-17-13-11-15(12-14-17)20(24)21(16-7-3-2-4-8-16)27-22(25)18-9-5-6-10-19(18)23/h2-14,21H,1H3/t21-/m1/s1. The number of rotatable bonds is 6. The quantitative estimate of drug-likeness (QED) is 0.401. The average Bonchev–Trinajstić information content (AvgIpc) is 2.72. The van der Waals surface area contributed by atoms with Crippen LogP contribution < -0.4 is 4.74 Å². The molecule has 3 aromatic rings. The first-order valence-electron chi connectivity index (χ1n) is 8.29.